The molecule has 1 saturated carbocycles. The number of benzene rings is 1. The van der Waals surface area contributed by atoms with Crippen molar-refractivity contribution in [2.24, 2.45) is 0 Å². The normalized spacial score (nSPS) is 23.2. The van der Waals surface area contributed by atoms with Crippen LogP contribution in [0.1, 0.15) is 25.7 Å². The molecule has 118 valence electrons. The standard InChI is InChI=1S/C15H24N2O3S/c1-17(2)21(18,19)13-10-8-12(9-11-13)16-14-6-4-5-7-15(14)20-3/h8-11,14-16H,4-7H2,1-3H3. The Morgan fingerprint density at radius 3 is 2.33 bits per heavy atom. The lowest BCUT2D eigenvalue weighted by Crippen LogP contribution is -2.37. The second kappa shape index (κ2) is 6.77. The highest BCUT2D eigenvalue weighted by Crippen LogP contribution is 2.25. The molecule has 0 heterocycles. The molecular weight excluding hydrogens is 288 g/mol. The molecule has 0 radical (unpaired) electrons. The van der Waals surface area contributed by atoms with Gasteiger partial charge in [-0.3, -0.25) is 0 Å². The first-order chi connectivity index (χ1) is 9.95. The van der Waals surface area contributed by atoms with E-state index in [0.29, 0.717) is 10.9 Å². The Kier molecular flexibility index (Phi) is 5.24. The maximum absolute atomic E-state index is 12.0. The van der Waals surface area contributed by atoms with Crippen LogP contribution < -0.4 is 5.32 Å². The van der Waals surface area contributed by atoms with E-state index >= 15 is 0 Å². The van der Waals surface area contributed by atoms with Gasteiger partial charge in [0.1, 0.15) is 0 Å². The number of methoxy groups -OCH3 is 1. The van der Waals surface area contributed by atoms with Gasteiger partial charge >= 0.3 is 0 Å². The number of nitrogens with one attached hydrogen (secondary N) is 1. The molecule has 0 aliphatic heterocycles. The molecule has 0 bridgehead atoms. The zero-order valence-electron chi connectivity index (χ0n) is 12.9. The molecule has 1 N–H and O–H groups in total. The maximum atomic E-state index is 12.0. The van der Waals surface area contributed by atoms with Crippen molar-refractivity contribution >= 4 is 15.7 Å². The molecule has 6 heteroatoms. The lowest BCUT2D eigenvalue weighted by molar-refractivity contribution is 0.0606. The number of rotatable bonds is 5. The van der Waals surface area contributed by atoms with Gasteiger partial charge in [0.05, 0.1) is 17.0 Å². The van der Waals surface area contributed by atoms with Gasteiger partial charge in [0, 0.05) is 26.9 Å². The van der Waals surface area contributed by atoms with Gasteiger partial charge in [-0.2, -0.15) is 0 Å². The van der Waals surface area contributed by atoms with E-state index in [1.165, 1.54) is 31.2 Å². The molecule has 1 aliphatic rings. The van der Waals surface area contributed by atoms with Gasteiger partial charge in [-0.25, -0.2) is 12.7 Å². The van der Waals surface area contributed by atoms with Crippen molar-refractivity contribution in [1.82, 2.24) is 4.31 Å². The number of nitrogens with zero attached hydrogens (tertiary/aromatic N) is 1. The molecule has 2 unspecified atom stereocenters. The van der Waals surface area contributed by atoms with Gasteiger partial charge < -0.3 is 10.1 Å². The predicted molar refractivity (Wildman–Crippen MR) is 84.0 cm³/mol. The summed E-state index contributed by atoms with van der Waals surface area (Å²) in [6, 6.07) is 7.21. The highest BCUT2D eigenvalue weighted by Gasteiger charge is 2.24. The topological polar surface area (TPSA) is 58.6 Å². The molecule has 2 rings (SSSR count). The summed E-state index contributed by atoms with van der Waals surface area (Å²) in [6.45, 7) is 0. The Balaban J connectivity index is 2.09. The van der Waals surface area contributed by atoms with Crippen molar-refractivity contribution in [2.45, 2.75) is 42.7 Å². The summed E-state index contributed by atoms with van der Waals surface area (Å²) in [7, 11) is 1.46. The Labute approximate surface area is 127 Å². The van der Waals surface area contributed by atoms with Crippen LogP contribution in [0.5, 0.6) is 0 Å². The van der Waals surface area contributed by atoms with E-state index in [9.17, 15) is 8.42 Å². The SMILES string of the molecule is COC1CCCCC1Nc1ccc(S(=O)(=O)N(C)C)cc1. The van der Waals surface area contributed by atoms with Crippen LogP contribution in [0.25, 0.3) is 0 Å². The van der Waals surface area contributed by atoms with Gasteiger partial charge in [0.15, 0.2) is 0 Å². The van der Waals surface area contributed by atoms with Crippen LogP contribution in [0, 0.1) is 0 Å². The fraction of sp³-hybridized carbons (Fsp3) is 0.600. The summed E-state index contributed by atoms with van der Waals surface area (Å²) < 4.78 is 30.8. The van der Waals surface area contributed by atoms with Crippen LogP contribution in [0.15, 0.2) is 29.2 Å². The Bertz CT molecular complexity index is 555. The molecule has 1 aliphatic carbocycles. The van der Waals surface area contributed by atoms with Gasteiger partial charge in [-0.1, -0.05) is 12.8 Å². The first kappa shape index (κ1) is 16.3. The number of hydrogen-bond donors (Lipinski definition) is 1. The van der Waals surface area contributed by atoms with E-state index in [-0.39, 0.29) is 6.10 Å². The minimum Gasteiger partial charge on any atom is -0.380 e. The van der Waals surface area contributed by atoms with E-state index in [4.69, 9.17) is 4.74 Å². The zero-order chi connectivity index (χ0) is 15.5. The Morgan fingerprint density at radius 2 is 1.76 bits per heavy atom. The van der Waals surface area contributed by atoms with Crippen molar-refractivity contribution in [2.75, 3.05) is 26.5 Å². The third-order valence-electron chi connectivity index (χ3n) is 3.99. The third kappa shape index (κ3) is 3.75. The van der Waals surface area contributed by atoms with Crippen molar-refractivity contribution in [3.8, 4) is 0 Å². The van der Waals surface area contributed by atoms with Gasteiger partial charge in [0.25, 0.3) is 0 Å². The number of ether oxygens (including phenoxy) is 1. The molecule has 2 atom stereocenters. The fourth-order valence-corrected chi connectivity index (χ4v) is 3.59. The molecule has 5 nitrogen and oxygen atoms in total. The summed E-state index contributed by atoms with van der Waals surface area (Å²) in [4.78, 5) is 0.310. The summed E-state index contributed by atoms with van der Waals surface area (Å²) in [5.74, 6) is 0. The Hall–Kier alpha value is -1.11. The molecular formula is C15H24N2O3S. The first-order valence-corrected chi connectivity index (χ1v) is 8.71. The van der Waals surface area contributed by atoms with E-state index in [1.807, 2.05) is 12.1 Å². The van der Waals surface area contributed by atoms with Crippen LogP contribution in [-0.2, 0) is 14.8 Å². The minimum atomic E-state index is -3.36. The van der Waals surface area contributed by atoms with Crippen LogP contribution in [-0.4, -0.2) is 46.1 Å². The molecule has 0 amide bonds. The smallest absolute Gasteiger partial charge is 0.242 e. The summed E-state index contributed by atoms with van der Waals surface area (Å²) in [6.07, 6.45) is 4.78. The predicted octanol–water partition coefficient (Wildman–Crippen LogP) is 2.31. The maximum Gasteiger partial charge on any atom is 0.242 e. The van der Waals surface area contributed by atoms with Gasteiger partial charge in [-0.15, -0.1) is 0 Å². The molecule has 1 aromatic carbocycles. The van der Waals surface area contributed by atoms with Crippen molar-refractivity contribution in [1.29, 1.82) is 0 Å². The summed E-state index contributed by atoms with van der Waals surface area (Å²) in [5, 5.41) is 3.46. The van der Waals surface area contributed by atoms with Gasteiger partial charge in [0.2, 0.25) is 10.0 Å². The van der Waals surface area contributed by atoms with E-state index in [2.05, 4.69) is 5.32 Å². The average molecular weight is 312 g/mol. The number of hydrogen-bond acceptors (Lipinski definition) is 4. The monoisotopic (exact) mass is 312 g/mol. The van der Waals surface area contributed by atoms with Crippen molar-refractivity contribution in [3.05, 3.63) is 24.3 Å². The molecule has 1 aromatic rings. The lowest BCUT2D eigenvalue weighted by atomic mass is 9.92. The molecule has 21 heavy (non-hydrogen) atoms. The second-order valence-corrected chi connectivity index (χ2v) is 7.77. The number of sulfonamides is 1. The minimum absolute atomic E-state index is 0.226. The van der Waals surface area contributed by atoms with E-state index in [1.54, 1.807) is 19.2 Å². The molecule has 1 fully saturated rings. The second-order valence-electron chi connectivity index (χ2n) is 5.62. The van der Waals surface area contributed by atoms with Crippen LogP contribution in [0.2, 0.25) is 0 Å². The number of anilines is 1. The summed E-state index contributed by atoms with van der Waals surface area (Å²) >= 11 is 0. The Morgan fingerprint density at radius 1 is 1.14 bits per heavy atom. The molecule has 0 aromatic heterocycles. The van der Waals surface area contributed by atoms with Crippen molar-refractivity contribution < 1.29 is 13.2 Å². The lowest BCUT2D eigenvalue weighted by Gasteiger charge is -2.31. The summed E-state index contributed by atoms with van der Waals surface area (Å²) in [5.41, 5.74) is 0.932. The highest BCUT2D eigenvalue weighted by atomic mass is 32.2. The molecule has 0 spiro atoms. The van der Waals surface area contributed by atoms with Crippen LogP contribution in [0.3, 0.4) is 0 Å². The van der Waals surface area contributed by atoms with E-state index in [0.717, 1.165) is 18.5 Å². The largest absolute Gasteiger partial charge is 0.380 e. The van der Waals surface area contributed by atoms with Gasteiger partial charge in [-0.05, 0) is 37.1 Å². The zero-order valence-corrected chi connectivity index (χ0v) is 13.7. The van der Waals surface area contributed by atoms with E-state index < -0.39 is 10.0 Å². The van der Waals surface area contributed by atoms with Crippen molar-refractivity contribution in [3.63, 3.8) is 0 Å². The van der Waals surface area contributed by atoms with Crippen LogP contribution in [0.4, 0.5) is 5.69 Å². The quantitative estimate of drug-likeness (QED) is 0.906. The molecule has 0 saturated heterocycles. The third-order valence-corrected chi connectivity index (χ3v) is 5.82. The average Bonchev–Trinajstić information content (AvgIpc) is 2.48. The first-order valence-electron chi connectivity index (χ1n) is 7.27. The van der Waals surface area contributed by atoms with Crippen LogP contribution >= 0.6 is 0 Å². The fourth-order valence-electron chi connectivity index (χ4n) is 2.69. The highest BCUT2D eigenvalue weighted by molar-refractivity contribution is 7.89.